The van der Waals surface area contributed by atoms with Gasteiger partial charge in [-0.25, -0.2) is 19.9 Å². The number of hydrogen-bond acceptors (Lipinski definition) is 20. The SMILES string of the molecule is CCC(=O)[C@@H]1CCCN1c1nc(Nc2cn(-c3cc(OC)c(OC)c(OC)c3)cn2)c2occc2n1.CNC(=O)[C@@H]1CCCN1.COc1cc(-n2cnc(Nc3nc(Cl)nc4ccoc34)c2)cc(OC)c1OC.Cl. The van der Waals surface area contributed by atoms with Gasteiger partial charge < -0.3 is 72.6 Å². The van der Waals surface area contributed by atoms with Crippen LogP contribution in [0.1, 0.15) is 39.0 Å². The Hall–Kier alpha value is -8.02. The zero-order valence-electron chi connectivity index (χ0n) is 41.9. The quantitative estimate of drug-likeness (QED) is 0.0672. The summed E-state index contributed by atoms with van der Waals surface area (Å²) in [6.45, 7) is 3.60. The van der Waals surface area contributed by atoms with Crippen LogP contribution in [0.2, 0.25) is 5.28 Å². The molecule has 74 heavy (non-hydrogen) atoms. The molecule has 0 spiro atoms. The van der Waals surface area contributed by atoms with Gasteiger partial charge in [-0.05, 0) is 43.8 Å². The molecular weight excluding hydrogens is 1000 g/mol. The Morgan fingerprint density at radius 3 is 1.69 bits per heavy atom. The number of anilines is 5. The zero-order chi connectivity index (χ0) is 51.6. The highest BCUT2D eigenvalue weighted by molar-refractivity contribution is 6.28. The number of rotatable bonds is 16. The van der Waals surface area contributed by atoms with Gasteiger partial charge in [0.2, 0.25) is 28.6 Å². The number of ketones is 1. The number of fused-ring (bicyclic) bond motifs is 2. The summed E-state index contributed by atoms with van der Waals surface area (Å²) in [5, 5.41) is 12.2. The van der Waals surface area contributed by atoms with Crippen molar-refractivity contribution in [1.82, 2.24) is 49.7 Å². The van der Waals surface area contributed by atoms with E-state index in [1.807, 2.05) is 46.9 Å². The minimum Gasteiger partial charge on any atom is -0.493 e. The minimum absolute atomic E-state index is 0. The van der Waals surface area contributed by atoms with Gasteiger partial charge in [0.05, 0.1) is 91.0 Å². The van der Waals surface area contributed by atoms with Gasteiger partial charge >= 0.3 is 0 Å². The Kier molecular flexibility index (Phi) is 17.9. The number of nitrogens with zero attached hydrogens (tertiary/aromatic N) is 9. The second kappa shape index (κ2) is 24.6. The van der Waals surface area contributed by atoms with Crippen LogP contribution >= 0.6 is 24.0 Å². The summed E-state index contributed by atoms with van der Waals surface area (Å²) < 4.78 is 47.2. The van der Waals surface area contributed by atoms with Crippen LogP contribution in [0.3, 0.4) is 0 Å². The smallest absolute Gasteiger partial charge is 0.236 e. The average molecular weight is 1060 g/mol. The summed E-state index contributed by atoms with van der Waals surface area (Å²) in [4.78, 5) is 51.8. The lowest BCUT2D eigenvalue weighted by molar-refractivity contribution is -0.122. The largest absolute Gasteiger partial charge is 0.493 e. The maximum absolute atomic E-state index is 12.5. The molecule has 0 aliphatic carbocycles. The van der Waals surface area contributed by atoms with Crippen molar-refractivity contribution in [3.8, 4) is 45.9 Å². The normalized spacial score (nSPS) is 14.7. The van der Waals surface area contributed by atoms with Crippen LogP contribution in [0, 0.1) is 0 Å². The van der Waals surface area contributed by atoms with E-state index in [1.165, 1.54) is 6.26 Å². The Morgan fingerprint density at radius 1 is 0.716 bits per heavy atom. The molecule has 0 radical (unpaired) electrons. The molecule has 6 aromatic heterocycles. The monoisotopic (exact) mass is 1060 g/mol. The second-order valence-electron chi connectivity index (χ2n) is 16.3. The van der Waals surface area contributed by atoms with E-state index >= 15 is 0 Å². The summed E-state index contributed by atoms with van der Waals surface area (Å²) in [5.41, 5.74) is 3.81. The Balaban J connectivity index is 0.000000187. The van der Waals surface area contributed by atoms with Crippen LogP contribution < -0.4 is 54.6 Å². The van der Waals surface area contributed by atoms with Gasteiger partial charge in [0.15, 0.2) is 51.6 Å². The van der Waals surface area contributed by atoms with Crippen LogP contribution in [-0.2, 0) is 9.59 Å². The third-order valence-corrected chi connectivity index (χ3v) is 12.1. The lowest BCUT2D eigenvalue weighted by Crippen LogP contribution is -2.38. The van der Waals surface area contributed by atoms with Crippen LogP contribution in [-0.4, -0.2) is 126 Å². The number of amides is 1. The molecule has 2 aliphatic rings. The topological polar surface area (TPSA) is 254 Å². The molecule has 2 atom stereocenters. The predicted octanol–water partition coefficient (Wildman–Crippen LogP) is 7.86. The first-order valence-electron chi connectivity index (χ1n) is 23.2. The standard InChI is InChI=1S/C25H28N6O5.C18H16ClN5O4.C6H12N2O.ClH/c1-5-18(32)17-7-6-9-31(17)25-27-16-8-10-36-22(16)24(29-25)28-21-13-30(14-26-21)15-11-19(33-2)23(35-4)20(12-15)34-3;1-25-12-6-10(7-13(26-2)16(12)27-3)24-8-14(20-9-24)22-17-15-11(4-5-28-15)21-18(19)23-17;1-7-6(9)5-3-2-4-8-5;/h8,10-14,17H,5-7,9H2,1-4H3,(H,27,28,29);4-9H,1-3H3,(H,21,22,23);5,8H,2-4H2,1H3,(H,7,9);1H/t17-;;5-;/m0.0./s1. The molecule has 0 bridgehead atoms. The molecule has 1 amide bonds. The molecular formula is C49H57Cl2N13O10. The van der Waals surface area contributed by atoms with Crippen molar-refractivity contribution in [2.75, 3.05) is 78.3 Å². The Morgan fingerprint density at radius 2 is 1.23 bits per heavy atom. The molecule has 392 valence electrons. The van der Waals surface area contributed by atoms with Gasteiger partial charge in [-0.2, -0.15) is 9.97 Å². The molecule has 8 heterocycles. The summed E-state index contributed by atoms with van der Waals surface area (Å²) in [7, 11) is 11.1. The number of aromatic nitrogens is 8. The molecule has 10 rings (SSSR count). The molecule has 23 nitrogen and oxygen atoms in total. The van der Waals surface area contributed by atoms with E-state index in [2.05, 4.69) is 46.2 Å². The number of methoxy groups -OCH3 is 6. The van der Waals surface area contributed by atoms with Gasteiger partial charge in [0.1, 0.15) is 35.3 Å². The fraction of sp³-hybridized carbons (Fsp3) is 0.347. The van der Waals surface area contributed by atoms with Crippen molar-refractivity contribution < 1.29 is 46.8 Å². The van der Waals surface area contributed by atoms with E-state index in [-0.39, 0.29) is 41.5 Å². The van der Waals surface area contributed by atoms with Crippen LogP contribution in [0.4, 0.5) is 29.2 Å². The summed E-state index contributed by atoms with van der Waals surface area (Å²) in [6.07, 6.45) is 14.3. The molecule has 0 saturated carbocycles. The number of halogens is 2. The highest BCUT2D eigenvalue weighted by Crippen LogP contribution is 2.41. The highest BCUT2D eigenvalue weighted by atomic mass is 35.5. The van der Waals surface area contributed by atoms with Crippen molar-refractivity contribution in [3.05, 3.63) is 79.3 Å². The van der Waals surface area contributed by atoms with E-state index in [1.54, 1.807) is 91.5 Å². The maximum Gasteiger partial charge on any atom is 0.236 e. The number of benzene rings is 2. The number of nitrogens with one attached hydrogen (secondary N) is 4. The number of furan rings is 2. The first kappa shape index (κ1) is 53.8. The van der Waals surface area contributed by atoms with E-state index in [0.29, 0.717) is 92.3 Å². The number of Topliss-reactive ketones (excluding diaryl/α,β-unsaturated/α-hetero) is 1. The van der Waals surface area contributed by atoms with Crippen molar-refractivity contribution >= 4 is 87.1 Å². The third kappa shape index (κ3) is 11.7. The first-order chi connectivity index (χ1) is 35.5. The van der Waals surface area contributed by atoms with E-state index < -0.39 is 0 Å². The average Bonchev–Trinajstić information content (AvgIpc) is 4.29. The number of carbonyl (C=O) groups is 2. The first-order valence-corrected chi connectivity index (χ1v) is 23.5. The molecule has 8 aromatic rings. The van der Waals surface area contributed by atoms with Gasteiger partial charge in [-0.1, -0.05) is 6.92 Å². The number of ether oxygens (including phenoxy) is 6. The minimum atomic E-state index is -0.202. The van der Waals surface area contributed by atoms with E-state index in [4.69, 9.17) is 53.8 Å². The Labute approximate surface area is 436 Å². The maximum atomic E-state index is 12.5. The van der Waals surface area contributed by atoms with E-state index in [9.17, 15) is 9.59 Å². The number of imidazole rings is 2. The molecule has 2 aromatic carbocycles. The third-order valence-electron chi connectivity index (χ3n) is 12.0. The van der Waals surface area contributed by atoms with Gasteiger partial charge in [-0.15, -0.1) is 12.4 Å². The molecule has 0 unspecified atom stereocenters. The van der Waals surface area contributed by atoms with Crippen molar-refractivity contribution in [2.45, 2.75) is 51.1 Å². The number of likely N-dealkylation sites (N-methyl/N-ethyl adjacent to an activating group) is 1. The lowest BCUT2D eigenvalue weighted by atomic mass is 10.1. The van der Waals surface area contributed by atoms with Crippen molar-refractivity contribution in [1.29, 1.82) is 0 Å². The second-order valence-corrected chi connectivity index (χ2v) is 16.6. The van der Waals surface area contributed by atoms with Crippen LogP contribution in [0.25, 0.3) is 33.6 Å². The van der Waals surface area contributed by atoms with Gasteiger partial charge in [-0.3, -0.25) is 9.59 Å². The predicted molar refractivity (Wildman–Crippen MR) is 280 cm³/mol. The van der Waals surface area contributed by atoms with Crippen molar-refractivity contribution in [2.24, 2.45) is 0 Å². The fourth-order valence-electron chi connectivity index (χ4n) is 8.38. The van der Waals surface area contributed by atoms with Crippen LogP contribution in [0.15, 0.2) is 82.8 Å². The molecule has 25 heteroatoms. The summed E-state index contributed by atoms with van der Waals surface area (Å²) in [5.74, 6) is 5.99. The molecule has 4 N–H and O–H groups in total. The number of hydrogen-bond donors (Lipinski definition) is 4. The summed E-state index contributed by atoms with van der Waals surface area (Å²) >= 11 is 5.97. The van der Waals surface area contributed by atoms with Gasteiger partial charge in [0.25, 0.3) is 0 Å². The Bertz CT molecular complexity index is 3140. The fourth-order valence-corrected chi connectivity index (χ4v) is 8.55. The molecule has 2 aliphatic heterocycles. The molecule has 2 saturated heterocycles. The van der Waals surface area contributed by atoms with Gasteiger partial charge in [0, 0.05) is 56.4 Å². The number of carbonyl (C=O) groups excluding carboxylic acids is 2. The summed E-state index contributed by atoms with van der Waals surface area (Å²) in [6, 6.07) is 10.7. The molecule has 2 fully saturated rings. The highest BCUT2D eigenvalue weighted by Gasteiger charge is 2.32. The van der Waals surface area contributed by atoms with Crippen molar-refractivity contribution in [3.63, 3.8) is 0 Å². The lowest BCUT2D eigenvalue weighted by Gasteiger charge is -2.23. The van der Waals surface area contributed by atoms with Crippen LogP contribution in [0.5, 0.6) is 34.5 Å². The van der Waals surface area contributed by atoms with E-state index in [0.717, 1.165) is 50.1 Å². The zero-order valence-corrected chi connectivity index (χ0v) is 43.5.